The highest BCUT2D eigenvalue weighted by Crippen LogP contribution is 2.12. The van der Waals surface area contributed by atoms with Gasteiger partial charge in [-0.3, -0.25) is 9.20 Å². The van der Waals surface area contributed by atoms with E-state index in [0.717, 1.165) is 6.07 Å². The molecule has 2 heterocycles. The molecule has 0 saturated carbocycles. The molecule has 0 aliphatic carbocycles. The summed E-state index contributed by atoms with van der Waals surface area (Å²) < 4.78 is 5.64. The second kappa shape index (κ2) is 3.12. The number of imidazole rings is 1. The summed E-state index contributed by atoms with van der Waals surface area (Å²) in [7, 11) is 1.20. The van der Waals surface area contributed by atoms with E-state index in [1.54, 1.807) is 0 Å². The Kier molecular flexibility index (Phi) is 1.93. The third-order valence-electron chi connectivity index (χ3n) is 1.89. The van der Waals surface area contributed by atoms with E-state index in [2.05, 4.69) is 14.7 Å². The van der Waals surface area contributed by atoms with E-state index >= 15 is 0 Å². The van der Waals surface area contributed by atoms with Crippen molar-refractivity contribution in [2.75, 3.05) is 7.11 Å². The van der Waals surface area contributed by atoms with Gasteiger partial charge in [-0.05, 0) is 0 Å². The Balaban J connectivity index is 2.80. The predicted octanol–water partition coefficient (Wildman–Crippen LogP) is -0.485. The monoisotopic (exact) mass is 209 g/mol. The lowest BCUT2D eigenvalue weighted by Crippen LogP contribution is -2.09. The Hall–Kier alpha value is -2.31. The van der Waals surface area contributed by atoms with Gasteiger partial charge in [0.25, 0.3) is 5.56 Å². The normalized spacial score (nSPS) is 10.5. The first-order valence-corrected chi connectivity index (χ1v) is 4.01. The van der Waals surface area contributed by atoms with Crippen molar-refractivity contribution in [3.8, 4) is 5.88 Å². The Morgan fingerprint density at radius 2 is 2.40 bits per heavy atom. The molecule has 0 fully saturated rings. The van der Waals surface area contributed by atoms with Gasteiger partial charge in [-0.1, -0.05) is 0 Å². The average Bonchev–Trinajstić information content (AvgIpc) is 2.60. The largest absolute Gasteiger partial charge is 0.494 e. The molecule has 0 radical (unpaired) electrons. The highest BCUT2D eigenvalue weighted by Gasteiger charge is 2.16. The van der Waals surface area contributed by atoms with Gasteiger partial charge in [0.2, 0.25) is 5.88 Å². The fourth-order valence-corrected chi connectivity index (χ4v) is 1.23. The van der Waals surface area contributed by atoms with Crippen LogP contribution in [0, 0.1) is 0 Å². The number of carbonyl (C=O) groups excluding carboxylic acids is 1. The molecule has 0 unspecified atom stereocenters. The summed E-state index contributed by atoms with van der Waals surface area (Å²) in [5, 5.41) is 9.37. The number of esters is 1. The molecule has 2 aromatic heterocycles. The predicted molar refractivity (Wildman–Crippen MR) is 48.8 cm³/mol. The first kappa shape index (κ1) is 9.25. The van der Waals surface area contributed by atoms with E-state index in [1.165, 1.54) is 17.8 Å². The fraction of sp³-hybridized carbons (Fsp3) is 0.125. The molecule has 2 aromatic rings. The van der Waals surface area contributed by atoms with Gasteiger partial charge in [0, 0.05) is 0 Å². The van der Waals surface area contributed by atoms with Crippen molar-refractivity contribution in [3.05, 3.63) is 28.4 Å². The summed E-state index contributed by atoms with van der Waals surface area (Å²) in [5.41, 5.74) is -0.469. The molecule has 0 saturated heterocycles. The van der Waals surface area contributed by atoms with E-state index in [4.69, 9.17) is 0 Å². The van der Waals surface area contributed by atoms with Crippen LogP contribution in [-0.2, 0) is 4.74 Å². The highest BCUT2D eigenvalue weighted by molar-refractivity contribution is 5.93. The van der Waals surface area contributed by atoms with Crippen LogP contribution >= 0.6 is 0 Å². The van der Waals surface area contributed by atoms with Gasteiger partial charge in [-0.25, -0.2) is 9.78 Å². The molecule has 0 spiro atoms. The zero-order chi connectivity index (χ0) is 11.0. The SMILES string of the molecule is COC(=O)c1ncn2c(O)cc(=O)[nH]c12. The summed E-state index contributed by atoms with van der Waals surface area (Å²) in [5.74, 6) is -0.977. The zero-order valence-electron chi connectivity index (χ0n) is 7.72. The fourth-order valence-electron chi connectivity index (χ4n) is 1.23. The summed E-state index contributed by atoms with van der Waals surface area (Å²) in [6.07, 6.45) is 1.22. The number of methoxy groups -OCH3 is 1. The maximum absolute atomic E-state index is 11.2. The van der Waals surface area contributed by atoms with E-state index in [-0.39, 0.29) is 17.2 Å². The first-order valence-electron chi connectivity index (χ1n) is 4.01. The Morgan fingerprint density at radius 3 is 3.07 bits per heavy atom. The molecule has 7 heteroatoms. The summed E-state index contributed by atoms with van der Waals surface area (Å²) in [6, 6.07) is 0.982. The maximum Gasteiger partial charge on any atom is 0.360 e. The Labute approximate surface area is 82.9 Å². The second-order valence-electron chi connectivity index (χ2n) is 2.80. The van der Waals surface area contributed by atoms with Crippen LogP contribution in [0.15, 0.2) is 17.2 Å². The van der Waals surface area contributed by atoms with Crippen LogP contribution in [0.4, 0.5) is 0 Å². The van der Waals surface area contributed by atoms with E-state index in [0.29, 0.717) is 0 Å². The number of fused-ring (bicyclic) bond motifs is 1. The van der Waals surface area contributed by atoms with Crippen LogP contribution in [0.2, 0.25) is 0 Å². The quantitative estimate of drug-likeness (QED) is 0.618. The van der Waals surface area contributed by atoms with Gasteiger partial charge in [0.15, 0.2) is 11.3 Å². The molecule has 2 N–H and O–H groups in total. The van der Waals surface area contributed by atoms with Gasteiger partial charge in [0.1, 0.15) is 6.33 Å². The van der Waals surface area contributed by atoms with Crippen LogP contribution in [-0.4, -0.2) is 32.6 Å². The number of carbonyl (C=O) groups is 1. The minimum atomic E-state index is -0.682. The van der Waals surface area contributed by atoms with E-state index in [9.17, 15) is 14.7 Å². The summed E-state index contributed by atoms with van der Waals surface area (Å²) in [4.78, 5) is 28.4. The lowest BCUT2D eigenvalue weighted by molar-refractivity contribution is 0.0596. The number of nitrogens with zero attached hydrogens (tertiary/aromatic N) is 2. The van der Waals surface area contributed by atoms with E-state index < -0.39 is 11.5 Å². The lowest BCUT2D eigenvalue weighted by atomic mass is 10.4. The number of aromatic hydroxyl groups is 1. The highest BCUT2D eigenvalue weighted by atomic mass is 16.5. The van der Waals surface area contributed by atoms with Crippen molar-refractivity contribution in [1.82, 2.24) is 14.4 Å². The van der Waals surface area contributed by atoms with Crippen LogP contribution in [0.5, 0.6) is 5.88 Å². The van der Waals surface area contributed by atoms with Gasteiger partial charge in [-0.2, -0.15) is 0 Å². The molecule has 0 amide bonds. The molecular weight excluding hydrogens is 202 g/mol. The van der Waals surface area contributed by atoms with Crippen LogP contribution in [0.1, 0.15) is 10.5 Å². The molecule has 0 bridgehead atoms. The van der Waals surface area contributed by atoms with Crippen molar-refractivity contribution in [2.45, 2.75) is 0 Å². The number of aromatic amines is 1. The van der Waals surface area contributed by atoms with Crippen molar-refractivity contribution in [3.63, 3.8) is 0 Å². The average molecular weight is 209 g/mol. The molecule has 0 aromatic carbocycles. The number of aromatic nitrogens is 3. The van der Waals surface area contributed by atoms with Crippen LogP contribution < -0.4 is 5.56 Å². The number of ether oxygens (including phenoxy) is 1. The minimum absolute atomic E-state index is 0.0505. The number of hydrogen-bond acceptors (Lipinski definition) is 5. The third-order valence-corrected chi connectivity index (χ3v) is 1.89. The molecule has 0 atom stereocenters. The smallest absolute Gasteiger partial charge is 0.360 e. The maximum atomic E-state index is 11.2. The van der Waals surface area contributed by atoms with Crippen LogP contribution in [0.25, 0.3) is 5.65 Å². The number of hydrogen-bond donors (Lipinski definition) is 2. The zero-order valence-corrected chi connectivity index (χ0v) is 7.72. The van der Waals surface area contributed by atoms with Crippen LogP contribution in [0.3, 0.4) is 0 Å². The first-order chi connectivity index (χ1) is 7.13. The van der Waals surface area contributed by atoms with E-state index in [1.807, 2.05) is 0 Å². The molecule has 78 valence electrons. The Morgan fingerprint density at radius 1 is 1.67 bits per heavy atom. The van der Waals surface area contributed by atoms with Crippen molar-refractivity contribution in [2.24, 2.45) is 0 Å². The van der Waals surface area contributed by atoms with Gasteiger partial charge in [-0.15, -0.1) is 0 Å². The molecule has 2 rings (SSSR count). The molecular formula is C8H7N3O4. The van der Waals surface area contributed by atoms with Gasteiger partial charge < -0.3 is 14.8 Å². The Bertz CT molecular complexity index is 583. The molecule has 0 aliphatic rings. The van der Waals surface area contributed by atoms with Crippen molar-refractivity contribution < 1.29 is 14.6 Å². The topological polar surface area (TPSA) is 96.7 Å². The number of H-pyrrole nitrogens is 1. The second-order valence-corrected chi connectivity index (χ2v) is 2.80. The minimum Gasteiger partial charge on any atom is -0.494 e. The summed E-state index contributed by atoms with van der Waals surface area (Å²) in [6.45, 7) is 0. The standard InChI is InChI=1S/C8H7N3O4/c1-15-8(14)6-7-10-4(12)2-5(13)11(7)3-9-6/h2-3,13H,1H3,(H,10,12). The molecule has 0 aliphatic heterocycles. The van der Waals surface area contributed by atoms with Crippen molar-refractivity contribution in [1.29, 1.82) is 0 Å². The van der Waals surface area contributed by atoms with Gasteiger partial charge >= 0.3 is 5.97 Å². The molecule has 15 heavy (non-hydrogen) atoms. The van der Waals surface area contributed by atoms with Gasteiger partial charge in [0.05, 0.1) is 13.2 Å². The van der Waals surface area contributed by atoms with Crippen molar-refractivity contribution >= 4 is 11.6 Å². The molecule has 7 nitrogen and oxygen atoms in total. The summed E-state index contributed by atoms with van der Waals surface area (Å²) >= 11 is 0. The third kappa shape index (κ3) is 1.33. The number of nitrogens with one attached hydrogen (secondary N) is 1. The lowest BCUT2D eigenvalue weighted by Gasteiger charge is -1.98. The number of rotatable bonds is 1.